The summed E-state index contributed by atoms with van der Waals surface area (Å²) < 4.78 is 20.2. The van der Waals surface area contributed by atoms with Gasteiger partial charge >= 0.3 is 0 Å². The number of hydrogen-bond acceptors (Lipinski definition) is 5. The van der Waals surface area contributed by atoms with Crippen LogP contribution in [0.1, 0.15) is 47.2 Å². The van der Waals surface area contributed by atoms with Gasteiger partial charge in [-0.15, -0.1) is 0 Å². The van der Waals surface area contributed by atoms with Gasteiger partial charge in [-0.25, -0.2) is 4.39 Å². The first-order valence-electron chi connectivity index (χ1n) is 10.0. The first-order chi connectivity index (χ1) is 14.6. The fourth-order valence-corrected chi connectivity index (χ4v) is 3.99. The Kier molecular flexibility index (Phi) is 5.09. The van der Waals surface area contributed by atoms with Gasteiger partial charge in [-0.3, -0.25) is 14.4 Å². The Balaban J connectivity index is 1.62. The number of carbonyl (C=O) groups excluding carboxylic acids is 2. The van der Waals surface area contributed by atoms with Gasteiger partial charge in [0.15, 0.2) is 17.7 Å². The number of halogens is 1. The van der Waals surface area contributed by atoms with E-state index in [1.807, 2.05) is 20.8 Å². The van der Waals surface area contributed by atoms with Gasteiger partial charge in [0.25, 0.3) is 11.8 Å². The Labute approximate surface area is 178 Å². The van der Waals surface area contributed by atoms with E-state index < -0.39 is 35.0 Å². The second-order valence-corrected chi connectivity index (χ2v) is 8.91. The fourth-order valence-electron chi connectivity index (χ4n) is 3.99. The van der Waals surface area contributed by atoms with Crippen molar-refractivity contribution in [3.63, 3.8) is 0 Å². The maximum Gasteiger partial charge on any atom is 0.276 e. The number of amides is 2. The number of aromatic hydroxyl groups is 1. The number of benzene rings is 1. The molecule has 31 heavy (non-hydrogen) atoms. The van der Waals surface area contributed by atoms with E-state index in [0.717, 1.165) is 0 Å². The summed E-state index contributed by atoms with van der Waals surface area (Å²) in [4.78, 5) is 40.0. The molecule has 2 atom stereocenters. The first kappa shape index (κ1) is 21.0. The number of nitrogens with one attached hydrogen (secondary N) is 1. The van der Waals surface area contributed by atoms with Gasteiger partial charge in [-0.2, -0.15) is 0 Å². The third-order valence-electron chi connectivity index (χ3n) is 5.75. The van der Waals surface area contributed by atoms with Crippen LogP contribution in [0.4, 0.5) is 4.39 Å². The lowest BCUT2D eigenvalue weighted by Gasteiger charge is -2.39. The molecule has 0 radical (unpaired) electrons. The van der Waals surface area contributed by atoms with Crippen molar-refractivity contribution in [2.45, 2.75) is 46.1 Å². The van der Waals surface area contributed by atoms with Crippen LogP contribution in [-0.4, -0.2) is 45.3 Å². The number of ether oxygens (including phenoxy) is 1. The van der Waals surface area contributed by atoms with E-state index in [9.17, 15) is 23.9 Å². The molecule has 9 heteroatoms. The average molecular weight is 429 g/mol. The molecule has 1 saturated heterocycles. The smallest absolute Gasteiger partial charge is 0.276 e. The predicted octanol–water partition coefficient (Wildman–Crippen LogP) is 1.85. The zero-order chi connectivity index (χ0) is 22.5. The fraction of sp³-hybridized carbons (Fsp3) is 0.409. The molecule has 1 fully saturated rings. The van der Waals surface area contributed by atoms with E-state index in [-0.39, 0.29) is 35.8 Å². The summed E-state index contributed by atoms with van der Waals surface area (Å²) in [6, 6.07) is 5.37. The molecular weight excluding hydrogens is 405 g/mol. The van der Waals surface area contributed by atoms with Gasteiger partial charge in [-0.05, 0) is 23.1 Å². The second-order valence-electron chi connectivity index (χ2n) is 8.91. The Hall–Kier alpha value is -3.20. The van der Waals surface area contributed by atoms with Crippen molar-refractivity contribution in [3.05, 3.63) is 63.3 Å². The van der Waals surface area contributed by atoms with E-state index in [4.69, 9.17) is 4.74 Å². The second kappa shape index (κ2) is 7.49. The van der Waals surface area contributed by atoms with Gasteiger partial charge < -0.3 is 24.6 Å². The molecular formula is C22H24FN3O5. The van der Waals surface area contributed by atoms with Gasteiger partial charge in [0, 0.05) is 12.7 Å². The van der Waals surface area contributed by atoms with Crippen LogP contribution in [0.3, 0.4) is 0 Å². The monoisotopic (exact) mass is 429 g/mol. The predicted molar refractivity (Wildman–Crippen MR) is 109 cm³/mol. The Morgan fingerprint density at radius 3 is 2.58 bits per heavy atom. The lowest BCUT2D eigenvalue weighted by atomic mass is 9.86. The largest absolute Gasteiger partial charge is 0.503 e. The molecule has 2 N–H and O–H groups in total. The number of rotatable bonds is 3. The van der Waals surface area contributed by atoms with Crippen molar-refractivity contribution in [1.82, 2.24) is 14.8 Å². The molecule has 8 nitrogen and oxygen atoms in total. The van der Waals surface area contributed by atoms with Gasteiger partial charge in [0.05, 0.1) is 19.2 Å². The van der Waals surface area contributed by atoms with Crippen LogP contribution in [-0.2, 0) is 17.8 Å². The minimum Gasteiger partial charge on any atom is -0.503 e. The van der Waals surface area contributed by atoms with Crippen LogP contribution in [0, 0.1) is 11.2 Å². The molecule has 164 valence electrons. The zero-order valence-electron chi connectivity index (χ0n) is 17.5. The third kappa shape index (κ3) is 3.69. The molecule has 0 bridgehead atoms. The highest BCUT2D eigenvalue weighted by Crippen LogP contribution is 2.36. The summed E-state index contributed by atoms with van der Waals surface area (Å²) in [7, 11) is 0. The van der Waals surface area contributed by atoms with E-state index in [2.05, 4.69) is 5.32 Å². The molecule has 2 amide bonds. The van der Waals surface area contributed by atoms with Crippen molar-refractivity contribution in [3.8, 4) is 5.75 Å². The summed E-state index contributed by atoms with van der Waals surface area (Å²) in [6.07, 6.45) is 0.738. The summed E-state index contributed by atoms with van der Waals surface area (Å²) in [5.41, 5.74) is -0.938. The number of aromatic nitrogens is 1. The lowest BCUT2D eigenvalue weighted by Crippen LogP contribution is -2.53. The van der Waals surface area contributed by atoms with Crippen LogP contribution in [0.25, 0.3) is 0 Å². The molecule has 1 aromatic heterocycles. The van der Waals surface area contributed by atoms with Crippen LogP contribution < -0.4 is 10.7 Å². The summed E-state index contributed by atoms with van der Waals surface area (Å²) in [5.74, 6) is -2.34. The van der Waals surface area contributed by atoms with Crippen molar-refractivity contribution in [1.29, 1.82) is 0 Å². The van der Waals surface area contributed by atoms with E-state index >= 15 is 0 Å². The third-order valence-corrected chi connectivity index (χ3v) is 5.75. The molecule has 0 saturated carbocycles. The molecule has 0 aliphatic carbocycles. The van der Waals surface area contributed by atoms with E-state index in [1.165, 1.54) is 35.0 Å². The highest BCUT2D eigenvalue weighted by Gasteiger charge is 2.48. The maximum atomic E-state index is 13.1. The van der Waals surface area contributed by atoms with E-state index in [1.54, 1.807) is 4.90 Å². The molecule has 2 aromatic rings. The highest BCUT2D eigenvalue weighted by molar-refractivity contribution is 5.99. The summed E-state index contributed by atoms with van der Waals surface area (Å²) in [5, 5.41) is 13.1. The Bertz CT molecular complexity index is 1100. The Morgan fingerprint density at radius 2 is 1.94 bits per heavy atom. The molecule has 2 aliphatic rings. The lowest BCUT2D eigenvalue weighted by molar-refractivity contribution is 0.00148. The number of pyridine rings is 1. The molecule has 2 aliphatic heterocycles. The zero-order valence-corrected chi connectivity index (χ0v) is 17.5. The molecule has 2 unspecified atom stereocenters. The van der Waals surface area contributed by atoms with Crippen molar-refractivity contribution < 1.29 is 23.8 Å². The van der Waals surface area contributed by atoms with Crippen LogP contribution in [0.2, 0.25) is 0 Å². The Morgan fingerprint density at radius 1 is 1.26 bits per heavy atom. The van der Waals surface area contributed by atoms with Gasteiger partial charge in [0.1, 0.15) is 11.4 Å². The maximum absolute atomic E-state index is 13.1. The van der Waals surface area contributed by atoms with E-state index in [0.29, 0.717) is 12.2 Å². The van der Waals surface area contributed by atoms with Gasteiger partial charge in [0.2, 0.25) is 5.43 Å². The number of fused-ring (bicyclic) bond motifs is 2. The van der Waals surface area contributed by atoms with Crippen LogP contribution in [0.5, 0.6) is 5.75 Å². The minimum absolute atomic E-state index is 0.0762. The molecule has 3 heterocycles. The molecule has 4 rings (SSSR count). The van der Waals surface area contributed by atoms with Crippen molar-refractivity contribution >= 4 is 11.8 Å². The minimum atomic E-state index is -0.915. The average Bonchev–Trinajstić information content (AvgIpc) is 3.14. The number of carbonyl (C=O) groups is 2. The number of hydrogen-bond donors (Lipinski definition) is 2. The quantitative estimate of drug-likeness (QED) is 0.776. The molecule has 1 aromatic carbocycles. The SMILES string of the molecule is CC(C)(C)C1COC2Cn3cc(C(=O)NCc4ccc(F)cc4)c(=O)c(O)c3C(=O)N21. The van der Waals surface area contributed by atoms with Crippen molar-refractivity contribution in [2.24, 2.45) is 5.41 Å². The molecule has 0 spiro atoms. The van der Waals surface area contributed by atoms with Crippen LogP contribution >= 0.6 is 0 Å². The van der Waals surface area contributed by atoms with Crippen LogP contribution in [0.15, 0.2) is 35.3 Å². The summed E-state index contributed by atoms with van der Waals surface area (Å²) in [6.45, 7) is 6.60. The first-order valence-corrected chi connectivity index (χ1v) is 10.0. The topological polar surface area (TPSA) is 101 Å². The van der Waals surface area contributed by atoms with Crippen molar-refractivity contribution in [2.75, 3.05) is 6.61 Å². The normalized spacial score (nSPS) is 20.4. The summed E-state index contributed by atoms with van der Waals surface area (Å²) >= 11 is 0. The highest BCUT2D eigenvalue weighted by atomic mass is 19.1. The van der Waals surface area contributed by atoms with Gasteiger partial charge in [-0.1, -0.05) is 32.9 Å². The standard InChI is InChI=1S/C22H24FN3O5/c1-22(2,3)15-11-31-16-10-25-9-14(18(27)19(28)17(25)21(30)26(15)16)20(29)24-8-12-4-6-13(23)7-5-12/h4-7,9,15-16,28H,8,10-11H2,1-3H3,(H,24,29). The number of nitrogens with zero attached hydrogens (tertiary/aromatic N) is 2.